The second kappa shape index (κ2) is 8.65. The summed E-state index contributed by atoms with van der Waals surface area (Å²) in [6.07, 6.45) is 0.659. The number of rotatable bonds is 6. The SMILES string of the molecule is CNC(C)Cc1noc(C(C)(C)NC(=O)Nc2ccccc2)n1.Cl. The van der Waals surface area contributed by atoms with Crippen LogP contribution >= 0.6 is 12.4 Å². The summed E-state index contributed by atoms with van der Waals surface area (Å²) in [7, 11) is 1.88. The van der Waals surface area contributed by atoms with Gasteiger partial charge in [-0.3, -0.25) is 0 Å². The topological polar surface area (TPSA) is 92.1 Å². The van der Waals surface area contributed by atoms with Crippen LogP contribution in [0.3, 0.4) is 0 Å². The number of nitrogens with zero attached hydrogens (tertiary/aromatic N) is 2. The Morgan fingerprint density at radius 3 is 2.58 bits per heavy atom. The lowest BCUT2D eigenvalue weighted by atomic mass is 10.1. The molecule has 2 rings (SSSR count). The lowest BCUT2D eigenvalue weighted by Crippen LogP contribution is -2.43. The van der Waals surface area contributed by atoms with Crippen molar-refractivity contribution in [2.75, 3.05) is 12.4 Å². The quantitative estimate of drug-likeness (QED) is 0.742. The number of hydrogen-bond acceptors (Lipinski definition) is 5. The number of carbonyl (C=O) groups excluding carboxylic acids is 1. The predicted molar refractivity (Wildman–Crippen MR) is 95.4 cm³/mol. The minimum absolute atomic E-state index is 0. The van der Waals surface area contributed by atoms with E-state index in [-0.39, 0.29) is 24.5 Å². The molecule has 24 heavy (non-hydrogen) atoms. The molecule has 3 N–H and O–H groups in total. The minimum Gasteiger partial charge on any atom is -0.337 e. The second-order valence-corrected chi connectivity index (χ2v) is 5.98. The molecule has 0 radical (unpaired) electrons. The summed E-state index contributed by atoms with van der Waals surface area (Å²) < 4.78 is 5.29. The van der Waals surface area contributed by atoms with Gasteiger partial charge in [0.05, 0.1) is 0 Å². The Hall–Kier alpha value is -2.12. The third-order valence-electron chi connectivity index (χ3n) is 3.44. The van der Waals surface area contributed by atoms with E-state index in [9.17, 15) is 4.79 Å². The summed E-state index contributed by atoms with van der Waals surface area (Å²) in [4.78, 5) is 16.5. The molecular weight excluding hydrogens is 330 g/mol. The maximum absolute atomic E-state index is 12.1. The molecule has 1 heterocycles. The standard InChI is InChI=1S/C16H23N5O2.ClH/c1-11(17-4)10-13-19-14(23-21-13)16(2,3)20-15(22)18-12-8-6-5-7-9-12;/h5-9,11,17H,10H2,1-4H3,(H2,18,20,22);1H. The Bertz CT molecular complexity index is 645. The first-order valence-corrected chi connectivity index (χ1v) is 7.55. The van der Waals surface area contributed by atoms with Gasteiger partial charge in [-0.1, -0.05) is 23.4 Å². The third-order valence-corrected chi connectivity index (χ3v) is 3.44. The van der Waals surface area contributed by atoms with Crippen molar-refractivity contribution in [3.8, 4) is 0 Å². The fourth-order valence-electron chi connectivity index (χ4n) is 1.99. The summed E-state index contributed by atoms with van der Waals surface area (Å²) in [5.41, 5.74) is -0.0534. The van der Waals surface area contributed by atoms with Crippen LogP contribution in [0.4, 0.5) is 10.5 Å². The minimum atomic E-state index is -0.771. The number of benzene rings is 1. The molecule has 1 aromatic heterocycles. The van der Waals surface area contributed by atoms with Crippen LogP contribution in [0.5, 0.6) is 0 Å². The van der Waals surface area contributed by atoms with E-state index in [1.54, 1.807) is 0 Å². The fourth-order valence-corrected chi connectivity index (χ4v) is 1.99. The molecule has 0 aliphatic rings. The maximum Gasteiger partial charge on any atom is 0.320 e. The van der Waals surface area contributed by atoms with E-state index in [1.807, 2.05) is 58.2 Å². The van der Waals surface area contributed by atoms with Gasteiger partial charge in [-0.25, -0.2) is 4.79 Å². The zero-order valence-corrected chi connectivity index (χ0v) is 15.1. The van der Waals surface area contributed by atoms with Gasteiger partial charge in [0.1, 0.15) is 5.54 Å². The molecule has 7 nitrogen and oxygen atoms in total. The number of anilines is 1. The first-order valence-electron chi connectivity index (χ1n) is 7.55. The van der Waals surface area contributed by atoms with Gasteiger partial charge in [0, 0.05) is 18.2 Å². The molecule has 2 amide bonds. The van der Waals surface area contributed by atoms with Gasteiger partial charge in [0.15, 0.2) is 5.82 Å². The van der Waals surface area contributed by atoms with Crippen molar-refractivity contribution in [2.45, 2.75) is 38.8 Å². The zero-order valence-electron chi connectivity index (χ0n) is 14.3. The van der Waals surface area contributed by atoms with Crippen molar-refractivity contribution in [1.82, 2.24) is 20.8 Å². The Morgan fingerprint density at radius 2 is 1.96 bits per heavy atom. The van der Waals surface area contributed by atoms with Crippen LogP contribution in [0, 0.1) is 0 Å². The number of likely N-dealkylation sites (N-methyl/N-ethyl adjacent to an activating group) is 1. The number of halogens is 1. The van der Waals surface area contributed by atoms with Gasteiger partial charge in [-0.2, -0.15) is 4.98 Å². The smallest absolute Gasteiger partial charge is 0.320 e. The number of hydrogen-bond donors (Lipinski definition) is 3. The summed E-state index contributed by atoms with van der Waals surface area (Å²) in [6, 6.07) is 9.15. The lowest BCUT2D eigenvalue weighted by Gasteiger charge is -2.22. The van der Waals surface area contributed by atoms with Crippen molar-refractivity contribution < 1.29 is 9.32 Å². The number of aromatic nitrogens is 2. The van der Waals surface area contributed by atoms with Crippen LogP contribution in [0.1, 0.15) is 32.5 Å². The fraction of sp³-hybridized carbons (Fsp3) is 0.438. The molecule has 0 spiro atoms. The molecule has 0 saturated heterocycles. The predicted octanol–water partition coefficient (Wildman–Crippen LogP) is 2.70. The molecular formula is C16H24ClN5O2. The number of carbonyl (C=O) groups is 1. The largest absolute Gasteiger partial charge is 0.337 e. The van der Waals surface area contributed by atoms with E-state index in [4.69, 9.17) is 4.52 Å². The van der Waals surface area contributed by atoms with E-state index in [2.05, 4.69) is 26.1 Å². The molecule has 0 fully saturated rings. The Kier molecular flexibility index (Phi) is 7.18. The van der Waals surface area contributed by atoms with Crippen LogP contribution < -0.4 is 16.0 Å². The first-order chi connectivity index (χ1) is 10.9. The van der Waals surface area contributed by atoms with Crippen LogP contribution in [-0.2, 0) is 12.0 Å². The van der Waals surface area contributed by atoms with Crippen LogP contribution in [0.25, 0.3) is 0 Å². The van der Waals surface area contributed by atoms with Crippen molar-refractivity contribution in [1.29, 1.82) is 0 Å². The summed E-state index contributed by atoms with van der Waals surface area (Å²) in [5.74, 6) is 0.985. The normalized spacial score (nSPS) is 12.2. The van der Waals surface area contributed by atoms with Gasteiger partial charge >= 0.3 is 6.03 Å². The van der Waals surface area contributed by atoms with Crippen molar-refractivity contribution in [3.63, 3.8) is 0 Å². The molecule has 8 heteroatoms. The Labute approximate surface area is 148 Å². The van der Waals surface area contributed by atoms with E-state index < -0.39 is 5.54 Å². The van der Waals surface area contributed by atoms with Crippen LogP contribution in [0.2, 0.25) is 0 Å². The van der Waals surface area contributed by atoms with Crippen LogP contribution in [0.15, 0.2) is 34.9 Å². The first kappa shape index (κ1) is 19.9. The summed E-state index contributed by atoms with van der Waals surface area (Å²) in [6.45, 7) is 5.67. The zero-order chi connectivity index (χ0) is 16.9. The van der Waals surface area contributed by atoms with Gasteiger partial charge in [-0.15, -0.1) is 12.4 Å². The van der Waals surface area contributed by atoms with E-state index in [1.165, 1.54) is 0 Å². The lowest BCUT2D eigenvalue weighted by molar-refractivity contribution is 0.228. The van der Waals surface area contributed by atoms with Gasteiger partial charge < -0.3 is 20.5 Å². The van der Waals surface area contributed by atoms with Gasteiger partial charge in [0.25, 0.3) is 5.89 Å². The molecule has 0 aliphatic heterocycles. The molecule has 132 valence electrons. The highest BCUT2D eigenvalue weighted by molar-refractivity contribution is 5.89. The molecule has 0 saturated carbocycles. The monoisotopic (exact) mass is 353 g/mol. The number of amides is 2. The molecule has 1 unspecified atom stereocenters. The Balaban J connectivity index is 0.00000288. The number of para-hydroxylation sites is 1. The summed E-state index contributed by atoms with van der Waals surface area (Å²) in [5, 5.41) is 12.7. The van der Waals surface area contributed by atoms with E-state index in [0.29, 0.717) is 18.1 Å². The van der Waals surface area contributed by atoms with Crippen molar-refractivity contribution in [2.24, 2.45) is 0 Å². The molecule has 1 atom stereocenters. The molecule has 2 aromatic rings. The molecule has 1 aromatic carbocycles. The van der Waals surface area contributed by atoms with Gasteiger partial charge in [-0.05, 0) is 40.0 Å². The summed E-state index contributed by atoms with van der Waals surface area (Å²) >= 11 is 0. The van der Waals surface area contributed by atoms with Crippen molar-refractivity contribution >= 4 is 24.1 Å². The van der Waals surface area contributed by atoms with Crippen molar-refractivity contribution in [3.05, 3.63) is 42.0 Å². The van der Waals surface area contributed by atoms with E-state index in [0.717, 1.165) is 5.69 Å². The second-order valence-electron chi connectivity index (χ2n) is 5.98. The highest BCUT2D eigenvalue weighted by Crippen LogP contribution is 2.18. The molecule has 0 bridgehead atoms. The highest BCUT2D eigenvalue weighted by Gasteiger charge is 2.29. The van der Waals surface area contributed by atoms with Crippen LogP contribution in [-0.4, -0.2) is 29.3 Å². The van der Waals surface area contributed by atoms with E-state index >= 15 is 0 Å². The number of nitrogens with one attached hydrogen (secondary N) is 3. The third kappa shape index (κ3) is 5.50. The Morgan fingerprint density at radius 1 is 1.29 bits per heavy atom. The highest BCUT2D eigenvalue weighted by atomic mass is 35.5. The molecule has 0 aliphatic carbocycles. The average molecular weight is 354 g/mol. The van der Waals surface area contributed by atoms with Gasteiger partial charge in [0.2, 0.25) is 0 Å². The number of urea groups is 1. The average Bonchev–Trinajstić information content (AvgIpc) is 2.97. The maximum atomic E-state index is 12.1.